The summed E-state index contributed by atoms with van der Waals surface area (Å²) in [5.41, 5.74) is 0.560. The lowest BCUT2D eigenvalue weighted by molar-refractivity contribution is 0.317. The van der Waals surface area contributed by atoms with Crippen LogP contribution in [0.1, 0.15) is 51.7 Å². The van der Waals surface area contributed by atoms with Gasteiger partial charge in [0.15, 0.2) is 0 Å². The van der Waals surface area contributed by atoms with Gasteiger partial charge in [0.2, 0.25) is 10.0 Å². The zero-order chi connectivity index (χ0) is 16.4. The summed E-state index contributed by atoms with van der Waals surface area (Å²) < 4.78 is 33.7. The number of rotatable bonds is 6. The number of furan rings is 1. The Hall–Kier alpha value is -0.850. The lowest BCUT2D eigenvalue weighted by Gasteiger charge is -2.27. The highest BCUT2D eigenvalue weighted by Gasteiger charge is 2.31. The topological polar surface area (TPSA) is 71.3 Å². The zero-order valence-corrected chi connectivity index (χ0v) is 14.9. The van der Waals surface area contributed by atoms with Gasteiger partial charge in [-0.15, -0.1) is 0 Å². The SMILES string of the molecule is CCNCc1c(C)oc(C)c1S(=O)(=O)NC(C)C(C)(C)C. The highest BCUT2D eigenvalue weighted by molar-refractivity contribution is 7.89. The molecule has 6 heteroatoms. The first-order chi connectivity index (χ1) is 9.50. The minimum Gasteiger partial charge on any atom is -0.465 e. The molecule has 1 aromatic heterocycles. The summed E-state index contributed by atoms with van der Waals surface area (Å²) in [6, 6.07) is -0.177. The maximum Gasteiger partial charge on any atom is 0.244 e. The van der Waals surface area contributed by atoms with Gasteiger partial charge < -0.3 is 9.73 Å². The molecule has 0 aliphatic heterocycles. The molecule has 1 unspecified atom stereocenters. The van der Waals surface area contributed by atoms with Crippen LogP contribution in [0.15, 0.2) is 9.31 Å². The van der Waals surface area contributed by atoms with Crippen molar-refractivity contribution >= 4 is 10.0 Å². The quantitative estimate of drug-likeness (QED) is 0.846. The molecular formula is C15H28N2O3S. The fourth-order valence-electron chi connectivity index (χ4n) is 1.98. The molecular weight excluding hydrogens is 288 g/mol. The van der Waals surface area contributed by atoms with E-state index in [-0.39, 0.29) is 16.4 Å². The number of nitrogens with one attached hydrogen (secondary N) is 2. The van der Waals surface area contributed by atoms with Crippen molar-refractivity contribution in [2.24, 2.45) is 5.41 Å². The normalized spacial score (nSPS) is 14.4. The minimum atomic E-state index is -3.60. The van der Waals surface area contributed by atoms with Crippen molar-refractivity contribution in [3.63, 3.8) is 0 Å². The Balaban J connectivity index is 3.19. The van der Waals surface area contributed by atoms with Crippen LogP contribution in [0.4, 0.5) is 0 Å². The molecule has 1 rings (SSSR count). The smallest absolute Gasteiger partial charge is 0.244 e. The van der Waals surface area contributed by atoms with E-state index in [2.05, 4.69) is 10.0 Å². The zero-order valence-electron chi connectivity index (χ0n) is 14.1. The lowest BCUT2D eigenvalue weighted by Crippen LogP contribution is -2.41. The average molecular weight is 316 g/mol. The average Bonchev–Trinajstić information content (AvgIpc) is 2.59. The van der Waals surface area contributed by atoms with Crippen molar-refractivity contribution in [1.82, 2.24) is 10.0 Å². The predicted octanol–water partition coefficient (Wildman–Crippen LogP) is 2.72. The molecule has 0 fully saturated rings. The van der Waals surface area contributed by atoms with Gasteiger partial charge in [-0.25, -0.2) is 13.1 Å². The Morgan fingerprint density at radius 1 is 1.19 bits per heavy atom. The van der Waals surface area contributed by atoms with E-state index in [1.165, 1.54) is 0 Å². The van der Waals surface area contributed by atoms with Crippen molar-refractivity contribution in [1.29, 1.82) is 0 Å². The highest BCUT2D eigenvalue weighted by Crippen LogP contribution is 2.28. The van der Waals surface area contributed by atoms with Crippen molar-refractivity contribution in [2.45, 2.75) is 65.9 Å². The van der Waals surface area contributed by atoms with Crippen LogP contribution >= 0.6 is 0 Å². The van der Waals surface area contributed by atoms with Crippen molar-refractivity contribution in [3.8, 4) is 0 Å². The monoisotopic (exact) mass is 316 g/mol. The van der Waals surface area contributed by atoms with Gasteiger partial charge in [0.25, 0.3) is 0 Å². The third-order valence-corrected chi connectivity index (χ3v) is 5.51. The van der Waals surface area contributed by atoms with Gasteiger partial charge in [-0.1, -0.05) is 27.7 Å². The molecule has 0 aliphatic carbocycles. The Labute approximate surface area is 128 Å². The van der Waals surface area contributed by atoms with Gasteiger partial charge >= 0.3 is 0 Å². The van der Waals surface area contributed by atoms with E-state index < -0.39 is 10.0 Å². The Morgan fingerprint density at radius 3 is 2.24 bits per heavy atom. The van der Waals surface area contributed by atoms with E-state index in [0.717, 1.165) is 6.54 Å². The van der Waals surface area contributed by atoms with Gasteiger partial charge in [0.05, 0.1) is 0 Å². The number of hydrogen-bond donors (Lipinski definition) is 2. The first-order valence-corrected chi connectivity index (χ1v) is 8.81. The number of sulfonamides is 1. The second-order valence-electron chi connectivity index (χ2n) is 6.51. The second-order valence-corrected chi connectivity index (χ2v) is 8.16. The summed E-state index contributed by atoms with van der Waals surface area (Å²) in [6.45, 7) is 14.6. The molecule has 5 nitrogen and oxygen atoms in total. The minimum absolute atomic E-state index is 0.151. The molecule has 0 aromatic carbocycles. The highest BCUT2D eigenvalue weighted by atomic mass is 32.2. The number of aryl methyl sites for hydroxylation is 2. The Kier molecular flexibility index (Phi) is 5.63. The maximum atomic E-state index is 12.7. The summed E-state index contributed by atoms with van der Waals surface area (Å²) in [7, 11) is -3.60. The molecule has 0 spiro atoms. The summed E-state index contributed by atoms with van der Waals surface area (Å²) in [5, 5.41) is 3.16. The van der Waals surface area contributed by atoms with E-state index in [9.17, 15) is 8.42 Å². The van der Waals surface area contributed by atoms with Gasteiger partial charge in [0, 0.05) is 18.2 Å². The Bertz CT molecular complexity index is 583. The van der Waals surface area contributed by atoms with Crippen LogP contribution in [0, 0.1) is 19.3 Å². The molecule has 0 saturated heterocycles. The molecule has 122 valence electrons. The third kappa shape index (κ3) is 4.31. The van der Waals surface area contributed by atoms with Gasteiger partial charge in [-0.05, 0) is 32.7 Å². The summed E-state index contributed by atoms with van der Waals surface area (Å²) in [5.74, 6) is 1.09. The van der Waals surface area contributed by atoms with Crippen LogP contribution in [0.3, 0.4) is 0 Å². The van der Waals surface area contributed by atoms with E-state index in [4.69, 9.17) is 4.42 Å². The first kappa shape index (κ1) is 18.2. The Morgan fingerprint density at radius 2 is 1.76 bits per heavy atom. The van der Waals surface area contributed by atoms with Crippen LogP contribution in [0.2, 0.25) is 0 Å². The third-order valence-electron chi connectivity index (χ3n) is 3.78. The largest absolute Gasteiger partial charge is 0.465 e. The molecule has 21 heavy (non-hydrogen) atoms. The molecule has 0 amide bonds. The first-order valence-electron chi connectivity index (χ1n) is 7.32. The predicted molar refractivity (Wildman–Crippen MR) is 84.8 cm³/mol. The molecule has 1 heterocycles. The fourth-order valence-corrected chi connectivity index (χ4v) is 3.88. The van der Waals surface area contributed by atoms with E-state index in [1.54, 1.807) is 13.8 Å². The van der Waals surface area contributed by atoms with Crippen molar-refractivity contribution in [2.75, 3.05) is 6.54 Å². The summed E-state index contributed by atoms with van der Waals surface area (Å²) in [4.78, 5) is 0.275. The molecule has 1 atom stereocenters. The van der Waals surface area contributed by atoms with Crippen molar-refractivity contribution in [3.05, 3.63) is 17.1 Å². The maximum absolute atomic E-state index is 12.7. The standard InChI is InChI=1S/C15H28N2O3S/c1-8-16-9-13-10(2)20-11(3)14(13)21(18,19)17-12(4)15(5,6)7/h12,16-17H,8-9H2,1-7H3. The van der Waals surface area contributed by atoms with Crippen LogP contribution in [-0.2, 0) is 16.6 Å². The van der Waals surface area contributed by atoms with Crippen LogP contribution in [0.5, 0.6) is 0 Å². The molecule has 0 radical (unpaired) electrons. The van der Waals surface area contributed by atoms with E-state index in [1.807, 2.05) is 34.6 Å². The van der Waals surface area contributed by atoms with Crippen LogP contribution in [-0.4, -0.2) is 21.0 Å². The van der Waals surface area contributed by atoms with E-state index >= 15 is 0 Å². The van der Waals surface area contributed by atoms with Gasteiger partial charge in [-0.2, -0.15) is 0 Å². The second kappa shape index (κ2) is 6.50. The van der Waals surface area contributed by atoms with Crippen LogP contribution in [0.25, 0.3) is 0 Å². The van der Waals surface area contributed by atoms with Gasteiger partial charge in [-0.3, -0.25) is 0 Å². The molecule has 1 aromatic rings. The lowest BCUT2D eigenvalue weighted by atomic mass is 9.89. The molecule has 0 saturated carbocycles. The fraction of sp³-hybridized carbons (Fsp3) is 0.733. The van der Waals surface area contributed by atoms with Gasteiger partial charge in [0.1, 0.15) is 16.4 Å². The van der Waals surface area contributed by atoms with Crippen molar-refractivity contribution < 1.29 is 12.8 Å². The molecule has 0 bridgehead atoms. The molecule has 2 N–H and O–H groups in total. The summed E-state index contributed by atoms with van der Waals surface area (Å²) in [6.07, 6.45) is 0. The van der Waals surface area contributed by atoms with Crippen LogP contribution < -0.4 is 10.0 Å². The summed E-state index contributed by atoms with van der Waals surface area (Å²) >= 11 is 0. The van der Waals surface area contributed by atoms with E-state index in [0.29, 0.717) is 23.6 Å². The molecule has 0 aliphatic rings. The number of hydrogen-bond acceptors (Lipinski definition) is 4.